The lowest BCUT2D eigenvalue weighted by atomic mass is 10.0. The maximum absolute atomic E-state index is 5.67. The number of rotatable bonds is 4. The van der Waals surface area contributed by atoms with Crippen LogP contribution in [0, 0.1) is 13.8 Å². The van der Waals surface area contributed by atoms with Crippen molar-refractivity contribution in [1.29, 1.82) is 0 Å². The Morgan fingerprint density at radius 3 is 2.42 bits per heavy atom. The molecule has 2 N–H and O–H groups in total. The van der Waals surface area contributed by atoms with Gasteiger partial charge in [-0.25, -0.2) is 4.98 Å². The second-order valence-electron chi connectivity index (χ2n) is 4.55. The smallest absolute Gasteiger partial charge is 0.223 e. The molecule has 0 amide bonds. The fraction of sp³-hybridized carbons (Fsp3) is 0.333. The van der Waals surface area contributed by atoms with Crippen LogP contribution in [-0.4, -0.2) is 16.6 Å². The zero-order valence-electron chi connectivity index (χ0n) is 11.6. The van der Waals surface area contributed by atoms with Crippen molar-refractivity contribution >= 4 is 5.95 Å². The quantitative estimate of drug-likeness (QED) is 0.914. The first-order chi connectivity index (χ1) is 9.10. The summed E-state index contributed by atoms with van der Waals surface area (Å²) in [5.74, 6) is 0.849. The third kappa shape index (κ3) is 3.22. The lowest BCUT2D eigenvalue weighted by Crippen LogP contribution is -2.07. The van der Waals surface area contributed by atoms with E-state index in [9.17, 15) is 0 Å². The second kappa shape index (κ2) is 5.69. The molecule has 0 aliphatic carbocycles. The molecule has 0 aliphatic rings. The van der Waals surface area contributed by atoms with Crippen molar-refractivity contribution in [2.45, 2.75) is 27.2 Å². The fourth-order valence-corrected chi connectivity index (χ4v) is 1.96. The first-order valence-electron chi connectivity index (χ1n) is 6.41. The lowest BCUT2D eigenvalue weighted by Gasteiger charge is -2.12. The molecule has 2 aromatic rings. The number of benzene rings is 1. The average Bonchev–Trinajstić information content (AvgIpc) is 2.36. The molecule has 0 radical (unpaired) electrons. The average molecular weight is 257 g/mol. The molecule has 0 aliphatic heterocycles. The van der Waals surface area contributed by atoms with Gasteiger partial charge in [0.15, 0.2) is 0 Å². The van der Waals surface area contributed by atoms with Gasteiger partial charge in [0.2, 0.25) is 11.8 Å². The highest BCUT2D eigenvalue weighted by Crippen LogP contribution is 2.23. The van der Waals surface area contributed by atoms with Crippen LogP contribution in [0.2, 0.25) is 0 Å². The summed E-state index contributed by atoms with van der Waals surface area (Å²) in [5.41, 5.74) is 10.0. The second-order valence-corrected chi connectivity index (χ2v) is 4.55. The molecule has 0 spiro atoms. The van der Waals surface area contributed by atoms with Crippen molar-refractivity contribution in [2.24, 2.45) is 0 Å². The zero-order chi connectivity index (χ0) is 13.8. The number of nitrogen functional groups attached to an aromatic ring is 1. The van der Waals surface area contributed by atoms with E-state index in [2.05, 4.69) is 41.2 Å². The number of aryl methyl sites for hydroxylation is 2. The topological polar surface area (TPSA) is 61.0 Å². The Morgan fingerprint density at radius 2 is 1.79 bits per heavy atom. The van der Waals surface area contributed by atoms with Gasteiger partial charge in [-0.3, -0.25) is 0 Å². The molecule has 1 heterocycles. The molecule has 0 bridgehead atoms. The van der Waals surface area contributed by atoms with Gasteiger partial charge in [0.05, 0.1) is 12.3 Å². The number of aromatic nitrogens is 2. The van der Waals surface area contributed by atoms with E-state index in [1.54, 1.807) is 0 Å². The summed E-state index contributed by atoms with van der Waals surface area (Å²) < 4.78 is 5.56. The molecule has 1 aromatic heterocycles. The molecule has 0 fully saturated rings. The van der Waals surface area contributed by atoms with Crippen LogP contribution in [0.25, 0.3) is 0 Å². The predicted octanol–water partition coefficient (Wildman–Crippen LogP) is 2.67. The number of hydrogen-bond donors (Lipinski definition) is 1. The number of anilines is 1. The Hall–Kier alpha value is -2.10. The standard InChI is InChI=1S/C15H19N3O/c1-4-19-14-13(11(3)17-15(16)18-14)9-12-7-5-10(2)6-8-12/h5-8H,4,9H2,1-3H3,(H2,16,17,18). The van der Waals surface area contributed by atoms with Gasteiger partial charge in [0.1, 0.15) is 0 Å². The van der Waals surface area contributed by atoms with Crippen LogP contribution in [0.3, 0.4) is 0 Å². The first kappa shape index (κ1) is 13.3. The van der Waals surface area contributed by atoms with Crippen molar-refractivity contribution in [1.82, 2.24) is 9.97 Å². The van der Waals surface area contributed by atoms with E-state index in [4.69, 9.17) is 10.5 Å². The SMILES string of the molecule is CCOc1nc(N)nc(C)c1Cc1ccc(C)cc1. The van der Waals surface area contributed by atoms with Crippen LogP contribution >= 0.6 is 0 Å². The third-order valence-corrected chi connectivity index (χ3v) is 2.98. The summed E-state index contributed by atoms with van der Waals surface area (Å²) >= 11 is 0. The number of nitrogens with zero attached hydrogens (tertiary/aromatic N) is 2. The van der Waals surface area contributed by atoms with E-state index in [1.807, 2.05) is 13.8 Å². The van der Waals surface area contributed by atoms with Crippen molar-refractivity contribution in [3.8, 4) is 5.88 Å². The van der Waals surface area contributed by atoms with Crippen molar-refractivity contribution in [2.75, 3.05) is 12.3 Å². The van der Waals surface area contributed by atoms with Gasteiger partial charge in [-0.05, 0) is 26.3 Å². The monoisotopic (exact) mass is 257 g/mol. The Morgan fingerprint density at radius 1 is 1.11 bits per heavy atom. The largest absolute Gasteiger partial charge is 0.478 e. The van der Waals surface area contributed by atoms with Crippen molar-refractivity contribution in [3.63, 3.8) is 0 Å². The van der Waals surface area contributed by atoms with Gasteiger partial charge in [-0.15, -0.1) is 0 Å². The highest BCUT2D eigenvalue weighted by Gasteiger charge is 2.12. The van der Waals surface area contributed by atoms with E-state index in [-0.39, 0.29) is 5.95 Å². The molecular weight excluding hydrogens is 238 g/mol. The van der Waals surface area contributed by atoms with E-state index < -0.39 is 0 Å². The van der Waals surface area contributed by atoms with Crippen molar-refractivity contribution in [3.05, 3.63) is 46.6 Å². The molecule has 4 nitrogen and oxygen atoms in total. The Kier molecular flexibility index (Phi) is 4.00. The van der Waals surface area contributed by atoms with Crippen LogP contribution in [0.4, 0.5) is 5.95 Å². The highest BCUT2D eigenvalue weighted by atomic mass is 16.5. The van der Waals surface area contributed by atoms with Gasteiger partial charge in [0.25, 0.3) is 0 Å². The maximum atomic E-state index is 5.67. The van der Waals surface area contributed by atoms with Crippen LogP contribution in [0.5, 0.6) is 5.88 Å². The molecule has 4 heteroatoms. The molecule has 2 rings (SSSR count). The first-order valence-corrected chi connectivity index (χ1v) is 6.41. The minimum absolute atomic E-state index is 0.258. The third-order valence-electron chi connectivity index (χ3n) is 2.98. The maximum Gasteiger partial charge on any atom is 0.223 e. The zero-order valence-corrected chi connectivity index (χ0v) is 11.6. The minimum Gasteiger partial charge on any atom is -0.478 e. The van der Waals surface area contributed by atoms with E-state index >= 15 is 0 Å². The Bertz CT molecular complexity index is 564. The highest BCUT2D eigenvalue weighted by molar-refractivity contribution is 5.39. The van der Waals surface area contributed by atoms with Gasteiger partial charge >= 0.3 is 0 Å². The summed E-state index contributed by atoms with van der Waals surface area (Å²) in [6, 6.07) is 8.42. The summed E-state index contributed by atoms with van der Waals surface area (Å²) in [6.07, 6.45) is 0.752. The summed E-state index contributed by atoms with van der Waals surface area (Å²) in [6.45, 7) is 6.51. The van der Waals surface area contributed by atoms with E-state index in [0.29, 0.717) is 12.5 Å². The van der Waals surface area contributed by atoms with E-state index in [1.165, 1.54) is 11.1 Å². The predicted molar refractivity (Wildman–Crippen MR) is 76.3 cm³/mol. The molecule has 19 heavy (non-hydrogen) atoms. The van der Waals surface area contributed by atoms with Gasteiger partial charge in [-0.2, -0.15) is 4.98 Å². The normalized spacial score (nSPS) is 10.5. The summed E-state index contributed by atoms with van der Waals surface area (Å²) in [7, 11) is 0. The Labute approximate surface area is 113 Å². The molecular formula is C15H19N3O. The van der Waals surface area contributed by atoms with Crippen molar-refractivity contribution < 1.29 is 4.74 Å². The summed E-state index contributed by atoms with van der Waals surface area (Å²) in [5, 5.41) is 0. The van der Waals surface area contributed by atoms with Gasteiger partial charge < -0.3 is 10.5 Å². The van der Waals surface area contributed by atoms with Gasteiger partial charge in [-0.1, -0.05) is 29.8 Å². The molecule has 0 saturated carbocycles. The van der Waals surface area contributed by atoms with Crippen LogP contribution in [0.1, 0.15) is 29.3 Å². The summed E-state index contributed by atoms with van der Waals surface area (Å²) in [4.78, 5) is 8.40. The fourth-order valence-electron chi connectivity index (χ4n) is 1.96. The van der Waals surface area contributed by atoms with Gasteiger partial charge in [0, 0.05) is 12.0 Å². The number of ether oxygens (including phenoxy) is 1. The van der Waals surface area contributed by atoms with Crippen LogP contribution in [-0.2, 0) is 6.42 Å². The molecule has 0 atom stereocenters. The Balaban J connectivity index is 2.35. The minimum atomic E-state index is 0.258. The molecule has 100 valence electrons. The van der Waals surface area contributed by atoms with E-state index in [0.717, 1.165) is 17.7 Å². The number of hydrogen-bond acceptors (Lipinski definition) is 4. The van der Waals surface area contributed by atoms with Crippen LogP contribution in [0.15, 0.2) is 24.3 Å². The molecule has 0 saturated heterocycles. The lowest BCUT2D eigenvalue weighted by molar-refractivity contribution is 0.323. The van der Waals surface area contributed by atoms with Crippen LogP contribution < -0.4 is 10.5 Å². The number of nitrogens with two attached hydrogens (primary N) is 1. The molecule has 1 aromatic carbocycles. The molecule has 0 unspecified atom stereocenters.